The molecule has 5 heteroatoms. The fourth-order valence-corrected chi connectivity index (χ4v) is 3.16. The highest BCUT2D eigenvalue weighted by Crippen LogP contribution is 2.42. The number of phenolic OH excluding ortho intramolecular Hbond substituents is 1. The van der Waals surface area contributed by atoms with Crippen LogP contribution in [-0.4, -0.2) is 11.1 Å². The molecule has 19 heavy (non-hydrogen) atoms. The molecule has 0 radical (unpaired) electrons. The summed E-state index contributed by atoms with van der Waals surface area (Å²) in [4.78, 5) is 12.9. The molecule has 1 aromatic heterocycles. The van der Waals surface area contributed by atoms with Crippen molar-refractivity contribution in [1.29, 1.82) is 0 Å². The Bertz CT molecular complexity index is 661. The van der Waals surface area contributed by atoms with Crippen molar-refractivity contribution in [2.45, 2.75) is 19.6 Å². The van der Waals surface area contributed by atoms with Crippen molar-refractivity contribution in [3.8, 4) is 11.5 Å². The highest BCUT2D eigenvalue weighted by molar-refractivity contribution is 7.10. The molecule has 1 aromatic carbocycles. The summed E-state index contributed by atoms with van der Waals surface area (Å²) in [6, 6.07) is 6.66. The zero-order chi connectivity index (χ0) is 13.6. The second kappa shape index (κ2) is 3.99. The van der Waals surface area contributed by atoms with E-state index in [2.05, 4.69) is 0 Å². The number of thiophene rings is 1. The highest BCUT2D eigenvalue weighted by Gasteiger charge is 2.42. The standard InChI is InChI=1S/C14H12O4S/c1-8-6-7-19-12(8)14(2)17-10-5-3-4-9(15)11(10)13(16)18-14/h3-7,15H,1-2H3. The number of cyclic esters (lactones) is 1. The zero-order valence-electron chi connectivity index (χ0n) is 10.5. The molecule has 4 nitrogen and oxygen atoms in total. The lowest BCUT2D eigenvalue weighted by atomic mass is 10.1. The van der Waals surface area contributed by atoms with Gasteiger partial charge in [0.25, 0.3) is 5.79 Å². The summed E-state index contributed by atoms with van der Waals surface area (Å²) in [6.07, 6.45) is 0. The molecule has 0 amide bonds. The van der Waals surface area contributed by atoms with Crippen LogP contribution in [0.4, 0.5) is 0 Å². The van der Waals surface area contributed by atoms with E-state index in [1.165, 1.54) is 17.4 Å². The summed E-state index contributed by atoms with van der Waals surface area (Å²) in [5.41, 5.74) is 1.08. The number of benzene rings is 1. The van der Waals surface area contributed by atoms with Crippen LogP contribution in [-0.2, 0) is 10.5 Å². The van der Waals surface area contributed by atoms with Gasteiger partial charge < -0.3 is 14.6 Å². The molecule has 0 saturated heterocycles. The minimum absolute atomic E-state index is 0.0779. The first-order chi connectivity index (χ1) is 9.01. The monoisotopic (exact) mass is 276 g/mol. The first-order valence-electron chi connectivity index (χ1n) is 5.80. The number of phenols is 1. The average molecular weight is 276 g/mol. The number of carbonyl (C=O) groups excluding carboxylic acids is 1. The molecule has 0 aliphatic carbocycles. The third-order valence-corrected chi connectivity index (χ3v) is 4.28. The van der Waals surface area contributed by atoms with Crippen molar-refractivity contribution >= 4 is 17.3 Å². The van der Waals surface area contributed by atoms with Gasteiger partial charge in [0.15, 0.2) is 0 Å². The quantitative estimate of drug-likeness (QED) is 0.813. The smallest absolute Gasteiger partial charge is 0.349 e. The number of aromatic hydroxyl groups is 1. The molecule has 1 unspecified atom stereocenters. The Balaban J connectivity index is 2.11. The second-order valence-corrected chi connectivity index (χ2v) is 5.44. The summed E-state index contributed by atoms with van der Waals surface area (Å²) in [7, 11) is 0. The van der Waals surface area contributed by atoms with Crippen LogP contribution in [0, 0.1) is 6.92 Å². The largest absolute Gasteiger partial charge is 0.507 e. The van der Waals surface area contributed by atoms with E-state index >= 15 is 0 Å². The number of hydrogen-bond acceptors (Lipinski definition) is 5. The number of esters is 1. The maximum absolute atomic E-state index is 12.1. The maximum atomic E-state index is 12.1. The summed E-state index contributed by atoms with van der Waals surface area (Å²) in [5.74, 6) is -1.51. The molecule has 0 spiro atoms. The Morgan fingerprint density at radius 1 is 1.26 bits per heavy atom. The van der Waals surface area contributed by atoms with Crippen molar-refractivity contribution < 1.29 is 19.4 Å². The first kappa shape index (κ1) is 12.0. The Morgan fingerprint density at radius 2 is 2.05 bits per heavy atom. The SMILES string of the molecule is Cc1ccsc1C1(C)OC(=O)c2c(O)cccc2O1. The second-order valence-electron chi connectivity index (χ2n) is 4.52. The van der Waals surface area contributed by atoms with E-state index in [0.717, 1.165) is 10.4 Å². The molecule has 1 aliphatic rings. The molecule has 0 fully saturated rings. The minimum Gasteiger partial charge on any atom is -0.507 e. The van der Waals surface area contributed by atoms with Crippen molar-refractivity contribution in [2.24, 2.45) is 0 Å². The van der Waals surface area contributed by atoms with Gasteiger partial charge >= 0.3 is 5.97 Å². The van der Waals surface area contributed by atoms with Gasteiger partial charge in [-0.05, 0) is 36.1 Å². The van der Waals surface area contributed by atoms with Crippen LogP contribution in [0.5, 0.6) is 11.5 Å². The summed E-state index contributed by atoms with van der Waals surface area (Å²) < 4.78 is 11.2. The number of ether oxygens (including phenoxy) is 2. The van der Waals surface area contributed by atoms with Gasteiger partial charge in [-0.25, -0.2) is 4.79 Å². The van der Waals surface area contributed by atoms with Gasteiger partial charge in [0, 0.05) is 6.92 Å². The molecule has 2 aromatic rings. The van der Waals surface area contributed by atoms with E-state index in [9.17, 15) is 9.90 Å². The number of hydrogen-bond donors (Lipinski definition) is 1. The van der Waals surface area contributed by atoms with Crippen molar-refractivity contribution in [1.82, 2.24) is 0 Å². The zero-order valence-corrected chi connectivity index (χ0v) is 11.3. The predicted molar refractivity (Wildman–Crippen MR) is 70.6 cm³/mol. The molecular formula is C14H12O4S. The van der Waals surface area contributed by atoms with Crippen LogP contribution in [0.1, 0.15) is 27.7 Å². The van der Waals surface area contributed by atoms with E-state index in [-0.39, 0.29) is 11.3 Å². The number of carbonyl (C=O) groups is 1. The van der Waals surface area contributed by atoms with Gasteiger partial charge in [-0.2, -0.15) is 0 Å². The Labute approximate surface area is 114 Å². The van der Waals surface area contributed by atoms with E-state index in [1.54, 1.807) is 19.1 Å². The average Bonchev–Trinajstić information content (AvgIpc) is 2.75. The fraction of sp³-hybridized carbons (Fsp3) is 0.214. The minimum atomic E-state index is -1.14. The van der Waals surface area contributed by atoms with Gasteiger partial charge in [-0.3, -0.25) is 0 Å². The van der Waals surface area contributed by atoms with Gasteiger partial charge in [0.05, 0.1) is 4.88 Å². The Morgan fingerprint density at radius 3 is 2.74 bits per heavy atom. The van der Waals surface area contributed by atoms with Crippen LogP contribution < -0.4 is 4.74 Å². The fourth-order valence-electron chi connectivity index (χ4n) is 2.20. The topological polar surface area (TPSA) is 55.8 Å². The molecule has 1 aliphatic heterocycles. The lowest BCUT2D eigenvalue weighted by Crippen LogP contribution is -2.39. The third kappa shape index (κ3) is 1.77. The van der Waals surface area contributed by atoms with Crippen LogP contribution in [0.25, 0.3) is 0 Å². The van der Waals surface area contributed by atoms with Crippen LogP contribution in [0.2, 0.25) is 0 Å². The number of aryl methyl sites for hydroxylation is 1. The number of rotatable bonds is 1. The van der Waals surface area contributed by atoms with Crippen LogP contribution in [0.3, 0.4) is 0 Å². The van der Waals surface area contributed by atoms with E-state index in [0.29, 0.717) is 5.75 Å². The van der Waals surface area contributed by atoms with E-state index < -0.39 is 11.8 Å². The first-order valence-corrected chi connectivity index (χ1v) is 6.68. The lowest BCUT2D eigenvalue weighted by Gasteiger charge is -2.34. The summed E-state index contributed by atoms with van der Waals surface area (Å²) >= 11 is 1.47. The predicted octanol–water partition coefficient (Wildman–Crippen LogP) is 3.18. The Hall–Kier alpha value is -2.01. The molecular weight excluding hydrogens is 264 g/mol. The van der Waals surface area contributed by atoms with Gasteiger partial charge in [0.1, 0.15) is 17.1 Å². The van der Waals surface area contributed by atoms with Crippen LogP contribution in [0.15, 0.2) is 29.6 Å². The van der Waals surface area contributed by atoms with Gasteiger partial charge in [0.2, 0.25) is 0 Å². The highest BCUT2D eigenvalue weighted by atomic mass is 32.1. The maximum Gasteiger partial charge on any atom is 0.349 e. The Kier molecular flexibility index (Phi) is 2.53. The summed E-state index contributed by atoms with van der Waals surface area (Å²) in [6.45, 7) is 3.64. The van der Waals surface area contributed by atoms with Crippen LogP contribution >= 0.6 is 11.3 Å². The van der Waals surface area contributed by atoms with Gasteiger partial charge in [-0.1, -0.05) is 6.07 Å². The lowest BCUT2D eigenvalue weighted by molar-refractivity contribution is -0.146. The molecule has 1 atom stereocenters. The van der Waals surface area contributed by atoms with Crippen molar-refractivity contribution in [2.75, 3.05) is 0 Å². The van der Waals surface area contributed by atoms with Gasteiger partial charge in [-0.15, -0.1) is 11.3 Å². The summed E-state index contributed by atoms with van der Waals surface area (Å²) in [5, 5.41) is 11.6. The van der Waals surface area contributed by atoms with Crippen molar-refractivity contribution in [3.63, 3.8) is 0 Å². The number of fused-ring (bicyclic) bond motifs is 1. The van der Waals surface area contributed by atoms with E-state index in [4.69, 9.17) is 9.47 Å². The molecule has 98 valence electrons. The van der Waals surface area contributed by atoms with Crippen molar-refractivity contribution in [3.05, 3.63) is 45.6 Å². The molecule has 0 bridgehead atoms. The van der Waals surface area contributed by atoms with E-state index in [1.807, 2.05) is 18.4 Å². The molecule has 1 N–H and O–H groups in total. The normalized spacial score (nSPS) is 21.5. The third-order valence-electron chi connectivity index (χ3n) is 3.08. The molecule has 2 heterocycles. The molecule has 0 saturated carbocycles. The molecule has 3 rings (SSSR count).